The van der Waals surface area contributed by atoms with Gasteiger partial charge in [-0.15, -0.1) is 0 Å². The second-order valence-corrected chi connectivity index (χ2v) is 6.06. The average Bonchev–Trinajstić information content (AvgIpc) is 2.57. The Morgan fingerprint density at radius 3 is 2.74 bits per heavy atom. The van der Waals surface area contributed by atoms with Crippen molar-refractivity contribution in [2.45, 2.75) is 39.7 Å². The van der Waals surface area contributed by atoms with Crippen LogP contribution in [-0.2, 0) is 6.42 Å². The number of aliphatic imine (C=N–C) groups is 1. The number of rotatable bonds is 8. The molecule has 0 amide bonds. The number of aliphatic hydroxyl groups is 1. The summed E-state index contributed by atoms with van der Waals surface area (Å²) >= 11 is 3.45. The minimum Gasteiger partial charge on any atom is -0.394 e. The maximum Gasteiger partial charge on any atom is 0.142 e. The molecule has 1 rings (SSSR count). The predicted octanol–water partition coefficient (Wildman–Crippen LogP) is 4.19. The van der Waals surface area contributed by atoms with Crippen LogP contribution in [0, 0.1) is 0 Å². The van der Waals surface area contributed by atoms with Crippen molar-refractivity contribution in [1.82, 2.24) is 5.32 Å². The second-order valence-electron chi connectivity index (χ2n) is 5.21. The normalized spacial score (nSPS) is 14.0. The maximum atomic E-state index is 9.37. The van der Waals surface area contributed by atoms with Gasteiger partial charge in [0.2, 0.25) is 0 Å². The van der Waals surface area contributed by atoms with Crippen LogP contribution in [0.25, 0.3) is 0 Å². The molecule has 4 nitrogen and oxygen atoms in total. The second kappa shape index (κ2) is 10.2. The van der Waals surface area contributed by atoms with Gasteiger partial charge < -0.3 is 15.7 Å². The number of hydrogen-bond acceptors (Lipinski definition) is 3. The zero-order valence-electron chi connectivity index (χ0n) is 14.1. The molecule has 0 aromatic heterocycles. The lowest BCUT2D eigenvalue weighted by molar-refractivity contribution is 0.246. The first-order valence-electron chi connectivity index (χ1n) is 7.84. The van der Waals surface area contributed by atoms with Crippen LogP contribution >= 0.6 is 15.9 Å². The topological polar surface area (TPSA) is 56.7 Å². The number of halogens is 1. The van der Waals surface area contributed by atoms with Gasteiger partial charge >= 0.3 is 0 Å². The molecule has 0 aliphatic heterocycles. The molecular weight excluding hydrogens is 354 g/mol. The third-order valence-electron chi connectivity index (χ3n) is 3.40. The molecule has 0 aliphatic rings. The van der Waals surface area contributed by atoms with Crippen LogP contribution in [-0.4, -0.2) is 23.6 Å². The number of hydrogen-bond donors (Lipinski definition) is 3. The molecule has 0 saturated carbocycles. The summed E-state index contributed by atoms with van der Waals surface area (Å²) < 4.78 is 0.757. The highest BCUT2D eigenvalue weighted by Crippen LogP contribution is 2.15. The van der Waals surface area contributed by atoms with Crippen LogP contribution < -0.4 is 10.6 Å². The van der Waals surface area contributed by atoms with E-state index in [9.17, 15) is 5.11 Å². The van der Waals surface area contributed by atoms with Crippen molar-refractivity contribution in [3.63, 3.8) is 0 Å². The molecule has 0 saturated heterocycles. The van der Waals surface area contributed by atoms with Crippen molar-refractivity contribution in [3.05, 3.63) is 52.8 Å². The third kappa shape index (κ3) is 6.59. The van der Waals surface area contributed by atoms with Gasteiger partial charge in [-0.3, -0.25) is 0 Å². The van der Waals surface area contributed by atoms with E-state index in [-0.39, 0.29) is 12.6 Å². The lowest BCUT2D eigenvalue weighted by Gasteiger charge is -2.17. The van der Waals surface area contributed by atoms with Crippen molar-refractivity contribution in [2.75, 3.05) is 11.9 Å². The van der Waals surface area contributed by atoms with Crippen molar-refractivity contribution in [2.24, 2.45) is 4.99 Å². The largest absolute Gasteiger partial charge is 0.394 e. The molecule has 0 spiro atoms. The summed E-state index contributed by atoms with van der Waals surface area (Å²) in [4.78, 5) is 4.58. The van der Waals surface area contributed by atoms with Gasteiger partial charge in [0.05, 0.1) is 17.1 Å². The number of nitrogens with zero attached hydrogens (tertiary/aromatic N) is 1. The van der Waals surface area contributed by atoms with Crippen molar-refractivity contribution in [3.8, 4) is 0 Å². The monoisotopic (exact) mass is 379 g/mol. The summed E-state index contributed by atoms with van der Waals surface area (Å²) in [7, 11) is 0. The van der Waals surface area contributed by atoms with E-state index in [4.69, 9.17) is 0 Å². The van der Waals surface area contributed by atoms with Gasteiger partial charge in [-0.2, -0.15) is 0 Å². The highest BCUT2D eigenvalue weighted by atomic mass is 79.9. The molecule has 23 heavy (non-hydrogen) atoms. The van der Waals surface area contributed by atoms with E-state index in [1.54, 1.807) is 6.08 Å². The molecule has 5 heteroatoms. The summed E-state index contributed by atoms with van der Waals surface area (Å²) in [6.45, 7) is 9.86. The molecule has 1 unspecified atom stereocenters. The quantitative estimate of drug-likeness (QED) is 0.360. The SMILES string of the molecule is C=C/C(Br)=C(\N=C(/C)Nc1cccc(CC)c1)NC(CC)CO. The Kier molecular flexibility index (Phi) is 8.66. The van der Waals surface area contributed by atoms with E-state index in [1.165, 1.54) is 5.56 Å². The van der Waals surface area contributed by atoms with Crippen LogP contribution in [0.2, 0.25) is 0 Å². The molecule has 0 fully saturated rings. The highest BCUT2D eigenvalue weighted by molar-refractivity contribution is 9.11. The Balaban J connectivity index is 2.95. The number of anilines is 1. The van der Waals surface area contributed by atoms with Crippen molar-refractivity contribution >= 4 is 27.5 Å². The number of nitrogens with one attached hydrogen (secondary N) is 2. The molecule has 1 aromatic rings. The third-order valence-corrected chi connectivity index (χ3v) is 4.10. The minimum absolute atomic E-state index is 0.0440. The fourth-order valence-corrected chi connectivity index (χ4v) is 2.20. The number of aryl methyl sites for hydroxylation is 1. The summed E-state index contributed by atoms with van der Waals surface area (Å²) in [5, 5.41) is 15.9. The lowest BCUT2D eigenvalue weighted by atomic mass is 10.1. The molecule has 0 radical (unpaired) electrons. The first-order valence-corrected chi connectivity index (χ1v) is 8.64. The van der Waals surface area contributed by atoms with E-state index in [2.05, 4.69) is 57.2 Å². The van der Waals surface area contributed by atoms with E-state index < -0.39 is 0 Å². The van der Waals surface area contributed by atoms with Crippen LogP contribution in [0.5, 0.6) is 0 Å². The van der Waals surface area contributed by atoms with Crippen LogP contribution in [0.15, 0.2) is 52.2 Å². The Labute approximate surface area is 147 Å². The molecule has 1 aromatic carbocycles. The van der Waals surface area contributed by atoms with E-state index in [0.29, 0.717) is 5.82 Å². The zero-order chi connectivity index (χ0) is 17.2. The lowest BCUT2D eigenvalue weighted by Crippen LogP contribution is -2.31. The van der Waals surface area contributed by atoms with Crippen LogP contribution in [0.1, 0.15) is 32.8 Å². The summed E-state index contributed by atoms with van der Waals surface area (Å²) in [5.41, 5.74) is 2.28. The molecule has 0 bridgehead atoms. The molecule has 1 atom stereocenters. The van der Waals surface area contributed by atoms with Gasteiger partial charge in [-0.25, -0.2) is 4.99 Å². The van der Waals surface area contributed by atoms with E-state index in [0.717, 1.165) is 28.8 Å². The van der Waals surface area contributed by atoms with Gasteiger partial charge in [-0.05, 0) is 53.4 Å². The molecule has 0 aliphatic carbocycles. The first-order chi connectivity index (χ1) is 11.0. The van der Waals surface area contributed by atoms with Crippen LogP contribution in [0.3, 0.4) is 0 Å². The number of allylic oxidation sites excluding steroid dienone is 2. The first kappa shape index (κ1) is 19.5. The minimum atomic E-state index is -0.0440. The van der Waals surface area contributed by atoms with Crippen LogP contribution in [0.4, 0.5) is 5.69 Å². The fourth-order valence-electron chi connectivity index (χ4n) is 1.99. The number of benzene rings is 1. The van der Waals surface area contributed by atoms with Crippen molar-refractivity contribution in [1.29, 1.82) is 0 Å². The fraction of sp³-hybridized carbons (Fsp3) is 0.389. The molecular formula is C18H26BrN3O. The summed E-state index contributed by atoms with van der Waals surface area (Å²) in [6.07, 6.45) is 3.48. The highest BCUT2D eigenvalue weighted by Gasteiger charge is 2.09. The molecule has 3 N–H and O–H groups in total. The zero-order valence-corrected chi connectivity index (χ0v) is 15.7. The summed E-state index contributed by atoms with van der Waals surface area (Å²) in [6, 6.07) is 8.21. The Morgan fingerprint density at radius 2 is 2.17 bits per heavy atom. The van der Waals surface area contributed by atoms with Gasteiger partial charge in [0.1, 0.15) is 11.7 Å². The van der Waals surface area contributed by atoms with Gasteiger partial charge in [0.15, 0.2) is 0 Å². The average molecular weight is 380 g/mol. The number of aliphatic hydroxyl groups excluding tert-OH is 1. The van der Waals surface area contributed by atoms with E-state index in [1.807, 2.05) is 26.0 Å². The Morgan fingerprint density at radius 1 is 1.43 bits per heavy atom. The number of amidine groups is 1. The molecule has 126 valence electrons. The Bertz CT molecular complexity index is 577. The van der Waals surface area contributed by atoms with Gasteiger partial charge in [-0.1, -0.05) is 38.6 Å². The van der Waals surface area contributed by atoms with E-state index >= 15 is 0 Å². The Hall–Kier alpha value is -1.59. The maximum absolute atomic E-state index is 9.37. The van der Waals surface area contributed by atoms with Gasteiger partial charge in [0.25, 0.3) is 0 Å². The predicted molar refractivity (Wildman–Crippen MR) is 103 cm³/mol. The standard InChI is InChI=1S/C18H26BrN3O/c1-5-14-9-8-10-16(11-14)20-13(4)21-18(17(19)7-3)22-15(6-2)12-23/h7-11,15,22-23H,3,5-6,12H2,1-2,4H3,(H,20,21)/b18-17-. The van der Waals surface area contributed by atoms with Crippen molar-refractivity contribution < 1.29 is 5.11 Å². The van der Waals surface area contributed by atoms with Gasteiger partial charge in [0, 0.05) is 5.69 Å². The smallest absolute Gasteiger partial charge is 0.142 e. The summed E-state index contributed by atoms with van der Waals surface area (Å²) in [5.74, 6) is 1.41. The molecule has 0 heterocycles.